The molecular weight excluding hydrogens is 629 g/mol. The highest BCUT2D eigenvalue weighted by Gasteiger charge is 2.21. The summed E-state index contributed by atoms with van der Waals surface area (Å²) in [6.45, 7) is 5.89. The van der Waals surface area contributed by atoms with Crippen molar-refractivity contribution in [3.05, 3.63) is 101 Å². The molecule has 47 heavy (non-hydrogen) atoms. The van der Waals surface area contributed by atoms with Gasteiger partial charge in [0.25, 0.3) is 5.89 Å². The molecule has 3 aromatic heterocycles. The molecule has 1 N–H and O–H groups in total. The van der Waals surface area contributed by atoms with E-state index in [-0.39, 0.29) is 43.8 Å². The molecule has 0 aliphatic rings. The molecule has 0 atom stereocenters. The van der Waals surface area contributed by atoms with E-state index in [1.807, 2.05) is 36.4 Å². The normalized spacial score (nSPS) is 11.7. The van der Waals surface area contributed by atoms with Gasteiger partial charge in [-0.25, -0.2) is 14.5 Å². The zero-order chi connectivity index (χ0) is 33.4. The third-order valence-corrected chi connectivity index (χ3v) is 8.42. The molecule has 0 saturated carbocycles. The Morgan fingerprint density at radius 1 is 0.979 bits per heavy atom. The van der Waals surface area contributed by atoms with Gasteiger partial charge in [-0.05, 0) is 68.8 Å². The van der Waals surface area contributed by atoms with E-state index in [0.29, 0.717) is 34.4 Å². The number of hydrogen-bond donors (Lipinski definition) is 1. The molecule has 14 heteroatoms. The van der Waals surface area contributed by atoms with Gasteiger partial charge in [0.2, 0.25) is 11.6 Å². The van der Waals surface area contributed by atoms with Crippen molar-refractivity contribution < 1.29 is 46.6 Å². The molecule has 13 nitrogen and oxygen atoms in total. The Hall–Kier alpha value is -5.10. The van der Waals surface area contributed by atoms with Gasteiger partial charge in [0, 0.05) is 12.0 Å². The summed E-state index contributed by atoms with van der Waals surface area (Å²) in [5.74, 6) is 2.10. The van der Waals surface area contributed by atoms with Gasteiger partial charge in [0.15, 0.2) is 17.3 Å². The number of benzene rings is 2. The molecule has 0 aliphatic heterocycles. The van der Waals surface area contributed by atoms with Crippen LogP contribution in [0.3, 0.4) is 0 Å². The van der Waals surface area contributed by atoms with E-state index in [4.69, 9.17) is 37.2 Å². The lowest BCUT2D eigenvalue weighted by molar-refractivity contribution is 0.0663. The Kier molecular flexibility index (Phi) is 10.6. The quantitative estimate of drug-likeness (QED) is 0.104. The molecule has 2 aromatic carbocycles. The highest BCUT2D eigenvalue weighted by molar-refractivity contribution is 7.57. The highest BCUT2D eigenvalue weighted by Crippen LogP contribution is 2.50. The number of aromatic carboxylic acids is 1. The van der Waals surface area contributed by atoms with E-state index >= 15 is 0 Å². The van der Waals surface area contributed by atoms with E-state index in [1.54, 1.807) is 49.9 Å². The van der Waals surface area contributed by atoms with Crippen molar-refractivity contribution in [2.45, 2.75) is 34.0 Å². The third-order valence-electron chi connectivity index (χ3n) is 6.67. The molecule has 0 unspecified atom stereocenters. The van der Waals surface area contributed by atoms with Crippen LogP contribution in [0.25, 0.3) is 23.4 Å². The molecule has 5 rings (SSSR count). The SMILES string of the molecule is CCOP(=O)(C=Cc1cn(-c2ccccc2)nc1OCc1ccc(OCc2nc(-c3ccc(C(=O)O)o3)oc2C)c(OC)c1)OCC. The number of rotatable bonds is 16. The molecule has 246 valence electrons. The lowest BCUT2D eigenvalue weighted by atomic mass is 10.2. The van der Waals surface area contributed by atoms with E-state index in [9.17, 15) is 9.36 Å². The van der Waals surface area contributed by atoms with Gasteiger partial charge in [-0.3, -0.25) is 4.57 Å². The first-order valence-corrected chi connectivity index (χ1v) is 16.3. The molecule has 0 bridgehead atoms. The van der Waals surface area contributed by atoms with Gasteiger partial charge in [-0.1, -0.05) is 24.3 Å². The van der Waals surface area contributed by atoms with Crippen molar-refractivity contribution in [2.75, 3.05) is 20.3 Å². The van der Waals surface area contributed by atoms with Crippen LogP contribution >= 0.6 is 7.60 Å². The second-order valence-corrected chi connectivity index (χ2v) is 11.8. The van der Waals surface area contributed by atoms with Crippen LogP contribution < -0.4 is 14.2 Å². The number of carboxylic acid groups (broad SMARTS) is 1. The molecule has 0 aliphatic carbocycles. The van der Waals surface area contributed by atoms with Crippen LogP contribution in [-0.2, 0) is 26.8 Å². The van der Waals surface area contributed by atoms with Crippen LogP contribution in [0.1, 0.15) is 47.0 Å². The van der Waals surface area contributed by atoms with Crippen LogP contribution in [0.15, 0.2) is 81.5 Å². The largest absolute Gasteiger partial charge is 0.493 e. The first-order chi connectivity index (χ1) is 22.7. The molecular formula is C33H34N3O10P. The van der Waals surface area contributed by atoms with Crippen molar-refractivity contribution >= 4 is 19.6 Å². The molecule has 5 aromatic rings. The van der Waals surface area contributed by atoms with Crippen molar-refractivity contribution in [3.63, 3.8) is 0 Å². The predicted octanol–water partition coefficient (Wildman–Crippen LogP) is 7.53. The van der Waals surface area contributed by atoms with E-state index in [2.05, 4.69) is 10.1 Å². The molecule has 0 amide bonds. The zero-order valence-electron chi connectivity index (χ0n) is 26.2. The van der Waals surface area contributed by atoms with Gasteiger partial charge >= 0.3 is 13.6 Å². The summed E-state index contributed by atoms with van der Waals surface area (Å²) in [4.78, 5) is 15.5. The van der Waals surface area contributed by atoms with E-state index in [1.165, 1.54) is 25.1 Å². The number of carboxylic acids is 1. The number of furan rings is 1. The lowest BCUT2D eigenvalue weighted by Crippen LogP contribution is -2.02. The number of carbonyl (C=O) groups is 1. The Bertz CT molecular complexity index is 1880. The smallest absolute Gasteiger partial charge is 0.371 e. The maximum atomic E-state index is 13.1. The standard InChI is InChI=1S/C33H34N3O10P/c1-5-43-47(39,44-6-2)17-16-24-19-36(25-10-8-7-9-11-25)35-31(24)42-20-23-12-13-27(30(18-23)40-4)41-21-26-22(3)45-32(34-26)28-14-15-29(46-28)33(37)38/h7-19H,5-6,20-21H2,1-4H3,(H,37,38). The topological polar surface area (TPSA) is 158 Å². The molecule has 0 fully saturated rings. The number of oxazole rings is 1. The molecule has 0 spiro atoms. The fourth-order valence-electron chi connectivity index (χ4n) is 4.42. The minimum Gasteiger partial charge on any atom is -0.493 e. The van der Waals surface area contributed by atoms with Crippen LogP contribution in [0, 0.1) is 6.92 Å². The summed E-state index contributed by atoms with van der Waals surface area (Å²) < 4.78 is 54.2. The second-order valence-electron chi connectivity index (χ2n) is 9.91. The zero-order valence-corrected chi connectivity index (χ0v) is 27.1. The van der Waals surface area contributed by atoms with Gasteiger partial charge in [0.1, 0.15) is 24.7 Å². The second kappa shape index (κ2) is 15.0. The van der Waals surface area contributed by atoms with E-state index in [0.717, 1.165) is 11.3 Å². The summed E-state index contributed by atoms with van der Waals surface area (Å²) in [5, 5.41) is 13.7. The molecule has 0 saturated heterocycles. The molecule has 3 heterocycles. The number of methoxy groups -OCH3 is 1. The summed E-state index contributed by atoms with van der Waals surface area (Å²) in [5.41, 5.74) is 2.69. The number of para-hydroxylation sites is 1. The van der Waals surface area contributed by atoms with Gasteiger partial charge < -0.3 is 37.2 Å². The first kappa shape index (κ1) is 33.3. The number of aromatic nitrogens is 3. The van der Waals surface area contributed by atoms with Gasteiger partial charge in [0.05, 0.1) is 31.6 Å². The lowest BCUT2D eigenvalue weighted by Gasteiger charge is -2.13. The number of ether oxygens (including phenoxy) is 3. The third kappa shape index (κ3) is 8.20. The fraction of sp³-hybridized carbons (Fsp3) is 0.242. The van der Waals surface area contributed by atoms with Crippen LogP contribution in [0.2, 0.25) is 0 Å². The molecule has 0 radical (unpaired) electrons. The average Bonchev–Trinajstić information content (AvgIpc) is 3.81. The van der Waals surface area contributed by atoms with Crippen molar-refractivity contribution in [3.8, 4) is 34.7 Å². The summed E-state index contributed by atoms with van der Waals surface area (Å²) in [6, 6.07) is 17.7. The Morgan fingerprint density at radius 2 is 1.74 bits per heavy atom. The maximum Gasteiger partial charge on any atom is 0.371 e. The number of nitrogens with zero attached hydrogens (tertiary/aromatic N) is 3. The Morgan fingerprint density at radius 3 is 2.43 bits per heavy atom. The van der Waals surface area contributed by atoms with Gasteiger partial charge in [-0.15, -0.1) is 5.10 Å². The van der Waals surface area contributed by atoms with Crippen molar-refractivity contribution in [1.82, 2.24) is 14.8 Å². The summed E-state index contributed by atoms with van der Waals surface area (Å²) in [6.07, 6.45) is 3.40. The van der Waals surface area contributed by atoms with E-state index < -0.39 is 13.6 Å². The summed E-state index contributed by atoms with van der Waals surface area (Å²) >= 11 is 0. The Balaban J connectivity index is 1.30. The van der Waals surface area contributed by atoms with Crippen LogP contribution in [-0.4, -0.2) is 46.2 Å². The van der Waals surface area contributed by atoms with Crippen LogP contribution in [0.4, 0.5) is 0 Å². The maximum absolute atomic E-state index is 13.1. The monoisotopic (exact) mass is 663 g/mol. The average molecular weight is 664 g/mol. The van der Waals surface area contributed by atoms with Crippen molar-refractivity contribution in [2.24, 2.45) is 0 Å². The minimum atomic E-state index is -3.45. The van der Waals surface area contributed by atoms with Gasteiger partial charge in [-0.2, -0.15) is 0 Å². The highest BCUT2D eigenvalue weighted by atomic mass is 31.2. The first-order valence-electron chi connectivity index (χ1n) is 14.7. The number of aryl methyl sites for hydroxylation is 1. The number of hydrogen-bond acceptors (Lipinski definition) is 11. The minimum absolute atomic E-state index is 0.0635. The van der Waals surface area contributed by atoms with Crippen molar-refractivity contribution in [1.29, 1.82) is 0 Å². The summed E-state index contributed by atoms with van der Waals surface area (Å²) in [7, 11) is -1.92. The van der Waals surface area contributed by atoms with Crippen LogP contribution in [0.5, 0.6) is 17.4 Å². The Labute approximate surface area is 270 Å². The predicted molar refractivity (Wildman–Crippen MR) is 171 cm³/mol. The fourth-order valence-corrected chi connectivity index (χ4v) is 5.73.